The average molecular weight is 405 g/mol. The van der Waals surface area contributed by atoms with Gasteiger partial charge in [-0.25, -0.2) is 10.2 Å². The highest BCUT2D eigenvalue weighted by Crippen LogP contribution is 2.25. The molecule has 4 rings (SSSR count). The molecule has 9 heteroatoms. The lowest BCUT2D eigenvalue weighted by molar-refractivity contribution is 0.288. The SMILES string of the molecule is S=c1c(C2=NNNN2Cc2ccccc2)c[nH]n1-c1cc(Cl)ccc1Cl. The van der Waals surface area contributed by atoms with Gasteiger partial charge in [0.25, 0.3) is 0 Å². The maximum atomic E-state index is 6.30. The molecule has 2 heterocycles. The summed E-state index contributed by atoms with van der Waals surface area (Å²) in [5, 5.41) is 10.5. The maximum absolute atomic E-state index is 6.30. The molecule has 0 spiro atoms. The normalized spacial score (nSPS) is 13.6. The molecule has 26 heavy (non-hydrogen) atoms. The Hall–Kier alpha value is -2.32. The van der Waals surface area contributed by atoms with Gasteiger partial charge in [0.1, 0.15) is 4.64 Å². The Morgan fingerprint density at radius 1 is 1.08 bits per heavy atom. The second kappa shape index (κ2) is 7.13. The number of rotatable bonds is 4. The highest BCUT2D eigenvalue weighted by atomic mass is 35.5. The molecule has 0 saturated heterocycles. The van der Waals surface area contributed by atoms with E-state index in [0.717, 1.165) is 11.1 Å². The van der Waals surface area contributed by atoms with Gasteiger partial charge in [0.2, 0.25) is 0 Å². The number of hydrazone groups is 1. The predicted octanol–water partition coefficient (Wildman–Crippen LogP) is 4.03. The monoisotopic (exact) mass is 404 g/mol. The van der Waals surface area contributed by atoms with Gasteiger partial charge in [-0.05, 0) is 23.8 Å². The van der Waals surface area contributed by atoms with Crippen molar-refractivity contribution >= 4 is 41.3 Å². The van der Waals surface area contributed by atoms with Crippen molar-refractivity contribution in [2.45, 2.75) is 6.54 Å². The summed E-state index contributed by atoms with van der Waals surface area (Å²) in [6.45, 7) is 0.630. The number of nitrogens with zero attached hydrogens (tertiary/aromatic N) is 3. The van der Waals surface area contributed by atoms with Crippen LogP contribution >= 0.6 is 35.4 Å². The summed E-state index contributed by atoms with van der Waals surface area (Å²) in [7, 11) is 0. The van der Waals surface area contributed by atoms with Gasteiger partial charge in [0, 0.05) is 11.2 Å². The van der Waals surface area contributed by atoms with Crippen LogP contribution in [0.3, 0.4) is 0 Å². The third-order valence-electron chi connectivity index (χ3n) is 3.95. The van der Waals surface area contributed by atoms with Gasteiger partial charge in [-0.2, -0.15) is 0 Å². The molecule has 2 aromatic carbocycles. The first-order chi connectivity index (χ1) is 12.6. The van der Waals surface area contributed by atoms with Crippen molar-refractivity contribution in [1.82, 2.24) is 25.9 Å². The third kappa shape index (κ3) is 3.22. The van der Waals surface area contributed by atoms with E-state index < -0.39 is 0 Å². The molecule has 1 aliphatic rings. The molecule has 3 N–H and O–H groups in total. The fourth-order valence-electron chi connectivity index (χ4n) is 2.70. The lowest BCUT2D eigenvalue weighted by atomic mass is 10.2. The Balaban J connectivity index is 1.67. The minimum absolute atomic E-state index is 0.546. The third-order valence-corrected chi connectivity index (χ3v) is 4.90. The van der Waals surface area contributed by atoms with Crippen molar-refractivity contribution in [1.29, 1.82) is 0 Å². The van der Waals surface area contributed by atoms with Crippen LogP contribution in [0.15, 0.2) is 59.8 Å². The van der Waals surface area contributed by atoms with Gasteiger partial charge in [0.15, 0.2) is 5.84 Å². The topological polar surface area (TPSA) is 60.4 Å². The number of halogens is 2. The molecule has 0 unspecified atom stereocenters. The van der Waals surface area contributed by atoms with Gasteiger partial charge >= 0.3 is 0 Å². The fourth-order valence-corrected chi connectivity index (χ4v) is 3.37. The number of hydrogen-bond acceptors (Lipinski definition) is 5. The van der Waals surface area contributed by atoms with E-state index in [9.17, 15) is 0 Å². The number of amidine groups is 1. The van der Waals surface area contributed by atoms with Crippen LogP contribution in [0.2, 0.25) is 10.0 Å². The van der Waals surface area contributed by atoms with E-state index in [1.807, 2.05) is 23.2 Å². The summed E-state index contributed by atoms with van der Waals surface area (Å²) < 4.78 is 2.26. The van der Waals surface area contributed by atoms with Crippen LogP contribution in [0, 0.1) is 4.64 Å². The fraction of sp³-hybridized carbons (Fsp3) is 0.0588. The van der Waals surface area contributed by atoms with Crippen molar-refractivity contribution in [3.8, 4) is 5.69 Å². The second-order valence-electron chi connectivity index (χ2n) is 5.65. The number of aromatic amines is 1. The molecule has 0 radical (unpaired) electrons. The first-order valence-electron chi connectivity index (χ1n) is 7.79. The van der Waals surface area contributed by atoms with Gasteiger partial charge in [-0.3, -0.25) is 10.1 Å². The van der Waals surface area contributed by atoms with Crippen molar-refractivity contribution in [3.05, 3.63) is 80.5 Å². The molecule has 0 amide bonds. The van der Waals surface area contributed by atoms with Crippen molar-refractivity contribution < 1.29 is 0 Å². The van der Waals surface area contributed by atoms with Crippen molar-refractivity contribution in [2.75, 3.05) is 0 Å². The molecule has 132 valence electrons. The molecule has 3 aromatic rings. The zero-order valence-corrected chi connectivity index (χ0v) is 15.7. The van der Waals surface area contributed by atoms with Gasteiger partial charge in [0.05, 0.1) is 22.8 Å². The van der Waals surface area contributed by atoms with E-state index in [1.54, 1.807) is 29.1 Å². The smallest absolute Gasteiger partial charge is 0.177 e. The zero-order chi connectivity index (χ0) is 18.1. The summed E-state index contributed by atoms with van der Waals surface area (Å²) in [4.78, 5) is 0. The van der Waals surface area contributed by atoms with E-state index >= 15 is 0 Å². The Labute approximate surface area is 165 Å². The Morgan fingerprint density at radius 2 is 1.88 bits per heavy atom. The van der Waals surface area contributed by atoms with E-state index in [2.05, 4.69) is 33.4 Å². The molecule has 1 aliphatic heterocycles. The van der Waals surface area contributed by atoms with Crippen molar-refractivity contribution in [2.24, 2.45) is 5.10 Å². The Bertz CT molecular complexity index is 1030. The minimum Gasteiger partial charge on any atom is -0.299 e. The first kappa shape index (κ1) is 17.1. The quantitative estimate of drug-likeness (QED) is 0.574. The highest BCUT2D eigenvalue weighted by molar-refractivity contribution is 7.71. The molecule has 0 saturated carbocycles. The summed E-state index contributed by atoms with van der Waals surface area (Å²) in [5.41, 5.74) is 8.39. The second-order valence-corrected chi connectivity index (χ2v) is 6.88. The van der Waals surface area contributed by atoms with Crippen LogP contribution < -0.4 is 11.1 Å². The van der Waals surface area contributed by atoms with Crippen molar-refractivity contribution in [3.63, 3.8) is 0 Å². The Kier molecular flexibility index (Phi) is 4.69. The van der Waals surface area contributed by atoms with Gasteiger partial charge in [-0.1, -0.05) is 65.8 Å². The molecule has 0 fully saturated rings. The molecule has 0 atom stereocenters. The molecular weight excluding hydrogens is 391 g/mol. The Morgan fingerprint density at radius 3 is 2.69 bits per heavy atom. The standard InChI is InChI=1S/C17H14Cl2N6S/c18-12-6-7-14(19)15(8-12)25-17(26)13(9-20-25)16-21-22-23-24(16)10-11-4-2-1-3-5-11/h1-9,20,22-23H,10H2. The largest absolute Gasteiger partial charge is 0.299 e. The van der Waals surface area contributed by atoms with Crippen LogP contribution in [0.25, 0.3) is 5.69 Å². The summed E-state index contributed by atoms with van der Waals surface area (Å²) in [6, 6.07) is 15.3. The average Bonchev–Trinajstić information content (AvgIpc) is 3.24. The number of hydrazine groups is 2. The van der Waals surface area contributed by atoms with E-state index in [-0.39, 0.29) is 0 Å². The molecule has 0 aliphatic carbocycles. The summed E-state index contributed by atoms with van der Waals surface area (Å²) >= 11 is 18.0. The molecule has 1 aromatic heterocycles. The van der Waals surface area contributed by atoms with Crippen LogP contribution in [0.4, 0.5) is 0 Å². The van der Waals surface area contributed by atoms with Gasteiger partial charge < -0.3 is 0 Å². The van der Waals surface area contributed by atoms with E-state index in [4.69, 9.17) is 35.4 Å². The minimum atomic E-state index is 0.546. The zero-order valence-electron chi connectivity index (χ0n) is 13.4. The van der Waals surface area contributed by atoms with Crippen LogP contribution in [0.5, 0.6) is 0 Å². The van der Waals surface area contributed by atoms with Gasteiger partial charge in [-0.15, -0.1) is 10.6 Å². The molecule has 0 bridgehead atoms. The lowest BCUT2D eigenvalue weighted by Gasteiger charge is -2.18. The van der Waals surface area contributed by atoms with E-state index in [0.29, 0.717) is 32.8 Å². The maximum Gasteiger partial charge on any atom is 0.177 e. The lowest BCUT2D eigenvalue weighted by Crippen LogP contribution is -2.40. The number of aromatic nitrogens is 2. The van der Waals surface area contributed by atoms with Crippen LogP contribution in [-0.4, -0.2) is 20.6 Å². The number of H-pyrrole nitrogens is 1. The number of nitrogens with one attached hydrogen (secondary N) is 3. The van der Waals surface area contributed by atoms with Crippen LogP contribution in [-0.2, 0) is 6.54 Å². The van der Waals surface area contributed by atoms with E-state index in [1.165, 1.54) is 0 Å². The summed E-state index contributed by atoms with van der Waals surface area (Å²) in [5.74, 6) is 0.687. The summed E-state index contributed by atoms with van der Waals surface area (Å²) in [6.07, 6.45) is 1.80. The number of benzene rings is 2. The predicted molar refractivity (Wildman–Crippen MR) is 106 cm³/mol. The molecule has 6 nitrogen and oxygen atoms in total. The highest BCUT2D eigenvalue weighted by Gasteiger charge is 2.22. The molecular formula is C17H14Cl2N6S. The first-order valence-corrected chi connectivity index (χ1v) is 8.96. The number of hydrogen-bond donors (Lipinski definition) is 3. The van der Waals surface area contributed by atoms with Crippen LogP contribution in [0.1, 0.15) is 11.1 Å².